The zero-order valence-electron chi connectivity index (χ0n) is 33.3. The van der Waals surface area contributed by atoms with Gasteiger partial charge >= 0.3 is 0 Å². The fraction of sp³-hybridized carbons (Fsp3) is 0.375. The second kappa shape index (κ2) is 17.3. The van der Waals surface area contributed by atoms with Crippen molar-refractivity contribution in [3.05, 3.63) is 125 Å². The number of hydrogen-bond acceptors (Lipinski definition) is 9. The highest BCUT2D eigenvalue weighted by molar-refractivity contribution is 6.09. The van der Waals surface area contributed by atoms with Gasteiger partial charge in [-0.1, -0.05) is 92.6 Å². The first-order chi connectivity index (χ1) is 28.1. The first-order valence-electron chi connectivity index (χ1n) is 20.2. The molecular formula is C48H53NO8. The number of aliphatic hydroxyl groups excluding tert-OH is 1. The molecule has 9 nitrogen and oxygen atoms in total. The number of rotatable bonds is 17. The topological polar surface area (TPSA) is 88.1 Å². The van der Waals surface area contributed by atoms with Gasteiger partial charge in [-0.2, -0.15) is 0 Å². The summed E-state index contributed by atoms with van der Waals surface area (Å²) < 4.78 is 43.8. The van der Waals surface area contributed by atoms with E-state index in [1.54, 1.807) is 14.2 Å². The third-order valence-corrected chi connectivity index (χ3v) is 11.5. The van der Waals surface area contributed by atoms with Gasteiger partial charge in [0.1, 0.15) is 11.4 Å². The van der Waals surface area contributed by atoms with Gasteiger partial charge in [0.25, 0.3) is 0 Å². The van der Waals surface area contributed by atoms with Crippen molar-refractivity contribution in [1.82, 2.24) is 0 Å². The standard InChI is InChI=1S/C48H53NO8/c1-4-5-20-48(56-31-30-55-29-28-54-27-24-50)41-14-10-9-13-37(41)44-39-32-42(51-2)43(52-3)33-40(39)46-38(45(44)48)19-21-47(57-46,34-11-7-6-8-12-34)35-15-17-36(18-16-35)49-22-25-53-26-23-49/h6-19,21,32-33,50H,4-5,20,22-31H2,1-3H3. The van der Waals surface area contributed by atoms with Crippen LogP contribution in [0, 0.1) is 0 Å². The van der Waals surface area contributed by atoms with Gasteiger partial charge in [-0.05, 0) is 58.8 Å². The van der Waals surface area contributed by atoms with Crippen LogP contribution in [0.1, 0.15) is 54.0 Å². The molecule has 8 rings (SSSR count). The molecule has 1 aliphatic carbocycles. The predicted octanol–water partition coefficient (Wildman–Crippen LogP) is 8.50. The maximum atomic E-state index is 9.08. The van der Waals surface area contributed by atoms with Gasteiger partial charge in [0.05, 0.1) is 67.1 Å². The molecule has 3 aliphatic rings. The van der Waals surface area contributed by atoms with E-state index in [1.807, 2.05) is 6.07 Å². The van der Waals surface area contributed by atoms with Crippen LogP contribution in [0.3, 0.4) is 0 Å². The van der Waals surface area contributed by atoms with Crippen LogP contribution < -0.4 is 19.1 Å². The number of aliphatic hydroxyl groups is 1. The second-order valence-corrected chi connectivity index (χ2v) is 14.7. The number of unbranched alkanes of at least 4 members (excludes halogenated alkanes) is 1. The first-order valence-corrected chi connectivity index (χ1v) is 20.2. The molecule has 2 unspecified atom stereocenters. The molecule has 2 aliphatic heterocycles. The number of methoxy groups -OCH3 is 2. The van der Waals surface area contributed by atoms with Crippen molar-refractivity contribution >= 4 is 22.5 Å². The minimum Gasteiger partial charge on any atom is -0.493 e. The lowest BCUT2D eigenvalue weighted by Crippen LogP contribution is -2.37. The number of benzene rings is 5. The molecule has 0 amide bonds. The van der Waals surface area contributed by atoms with Crippen molar-refractivity contribution in [2.45, 2.75) is 37.4 Å². The molecule has 1 N–H and O–H groups in total. The summed E-state index contributed by atoms with van der Waals surface area (Å²) >= 11 is 0. The second-order valence-electron chi connectivity index (χ2n) is 14.7. The summed E-state index contributed by atoms with van der Waals surface area (Å²) in [5.41, 5.74) is 6.99. The zero-order valence-corrected chi connectivity index (χ0v) is 33.3. The van der Waals surface area contributed by atoms with Gasteiger partial charge < -0.3 is 43.2 Å². The Morgan fingerprint density at radius 3 is 2.14 bits per heavy atom. The summed E-state index contributed by atoms with van der Waals surface area (Å²) in [6.45, 7) is 7.31. The largest absolute Gasteiger partial charge is 0.493 e. The fourth-order valence-electron chi connectivity index (χ4n) is 8.83. The monoisotopic (exact) mass is 771 g/mol. The fourth-order valence-corrected chi connectivity index (χ4v) is 8.83. The average Bonchev–Trinajstić information content (AvgIpc) is 3.56. The van der Waals surface area contributed by atoms with Crippen molar-refractivity contribution < 1.29 is 38.3 Å². The number of ether oxygens (including phenoxy) is 7. The van der Waals surface area contributed by atoms with Crippen LogP contribution in [-0.4, -0.2) is 85.3 Å². The van der Waals surface area contributed by atoms with Crippen LogP contribution in [0.15, 0.2) is 97.1 Å². The van der Waals surface area contributed by atoms with Gasteiger partial charge in [-0.3, -0.25) is 0 Å². The molecule has 57 heavy (non-hydrogen) atoms. The van der Waals surface area contributed by atoms with Crippen molar-refractivity contribution in [2.75, 3.05) is 85.1 Å². The van der Waals surface area contributed by atoms with Crippen LogP contribution in [-0.2, 0) is 30.1 Å². The number of nitrogens with zero attached hydrogens (tertiary/aromatic N) is 1. The zero-order chi connectivity index (χ0) is 39.2. The Bertz CT molecular complexity index is 2180. The molecule has 2 atom stereocenters. The number of morpholine rings is 1. The lowest BCUT2D eigenvalue weighted by atomic mass is 9.78. The third-order valence-electron chi connectivity index (χ3n) is 11.5. The normalized spacial score (nSPS) is 19.5. The third kappa shape index (κ3) is 7.17. The van der Waals surface area contributed by atoms with Crippen LogP contribution in [0.4, 0.5) is 5.69 Å². The Balaban J connectivity index is 1.32. The van der Waals surface area contributed by atoms with Crippen molar-refractivity contribution in [3.63, 3.8) is 0 Å². The molecule has 1 fully saturated rings. The Labute approximate surface area is 335 Å². The minimum atomic E-state index is -0.934. The lowest BCUT2D eigenvalue weighted by molar-refractivity contribution is -0.0570. The van der Waals surface area contributed by atoms with E-state index >= 15 is 0 Å². The van der Waals surface area contributed by atoms with Crippen molar-refractivity contribution in [3.8, 4) is 28.4 Å². The van der Waals surface area contributed by atoms with Crippen LogP contribution in [0.2, 0.25) is 0 Å². The minimum absolute atomic E-state index is 0.00856. The predicted molar refractivity (Wildman–Crippen MR) is 224 cm³/mol. The molecule has 0 aromatic heterocycles. The summed E-state index contributed by atoms with van der Waals surface area (Å²) in [5, 5.41) is 11.0. The molecule has 0 spiro atoms. The number of anilines is 1. The Morgan fingerprint density at radius 2 is 1.42 bits per heavy atom. The molecule has 9 heteroatoms. The number of hydrogen-bond donors (Lipinski definition) is 1. The van der Waals surface area contributed by atoms with E-state index in [0.717, 1.165) is 101 Å². The molecule has 298 valence electrons. The quantitative estimate of drug-likeness (QED) is 0.0936. The van der Waals surface area contributed by atoms with Crippen molar-refractivity contribution in [1.29, 1.82) is 0 Å². The van der Waals surface area contributed by atoms with Crippen LogP contribution in [0.5, 0.6) is 17.2 Å². The molecule has 5 aromatic rings. The van der Waals surface area contributed by atoms with E-state index in [0.29, 0.717) is 44.5 Å². The van der Waals surface area contributed by atoms with E-state index < -0.39 is 11.2 Å². The summed E-state index contributed by atoms with van der Waals surface area (Å²) in [5.74, 6) is 2.04. The van der Waals surface area contributed by atoms with Gasteiger partial charge in [0, 0.05) is 46.4 Å². The average molecular weight is 772 g/mol. The highest BCUT2D eigenvalue weighted by Gasteiger charge is 2.49. The van der Waals surface area contributed by atoms with Gasteiger partial charge in [0.2, 0.25) is 0 Å². The van der Waals surface area contributed by atoms with E-state index in [4.69, 9.17) is 38.3 Å². The molecule has 1 saturated heterocycles. The van der Waals surface area contributed by atoms with Gasteiger partial charge in [0.15, 0.2) is 17.1 Å². The molecular weight excluding hydrogens is 719 g/mol. The smallest absolute Gasteiger partial charge is 0.178 e. The molecule has 2 heterocycles. The molecule has 5 aromatic carbocycles. The lowest BCUT2D eigenvalue weighted by Gasteiger charge is -2.40. The van der Waals surface area contributed by atoms with Crippen molar-refractivity contribution in [2.24, 2.45) is 0 Å². The highest BCUT2D eigenvalue weighted by atomic mass is 16.6. The Kier molecular flexibility index (Phi) is 11.8. The molecule has 0 saturated carbocycles. The summed E-state index contributed by atoms with van der Waals surface area (Å²) in [4.78, 5) is 2.37. The SMILES string of the molecule is CCCCC1(OCCOCCOCCO)c2ccccc2-c2c1c1c(c3cc(OC)c(OC)cc23)OC(c2ccccc2)(c2ccc(N3CCOCC3)cc2)C=C1. The van der Waals surface area contributed by atoms with E-state index in [-0.39, 0.29) is 6.61 Å². The first kappa shape index (κ1) is 38.9. The maximum Gasteiger partial charge on any atom is 0.178 e. The van der Waals surface area contributed by atoms with Crippen LogP contribution >= 0.6 is 0 Å². The highest BCUT2D eigenvalue weighted by Crippen LogP contribution is 2.61. The van der Waals surface area contributed by atoms with E-state index in [1.165, 1.54) is 5.69 Å². The Hall–Kier alpha value is -4.90. The number of fused-ring (bicyclic) bond motifs is 8. The van der Waals surface area contributed by atoms with Gasteiger partial charge in [-0.15, -0.1) is 0 Å². The van der Waals surface area contributed by atoms with E-state index in [2.05, 4.69) is 109 Å². The summed E-state index contributed by atoms with van der Waals surface area (Å²) in [6.07, 6.45) is 7.23. The molecule has 0 radical (unpaired) electrons. The summed E-state index contributed by atoms with van der Waals surface area (Å²) in [6, 6.07) is 32.1. The maximum absolute atomic E-state index is 9.08. The van der Waals surface area contributed by atoms with Crippen LogP contribution in [0.25, 0.3) is 28.0 Å². The van der Waals surface area contributed by atoms with E-state index in [9.17, 15) is 0 Å². The Morgan fingerprint density at radius 1 is 0.754 bits per heavy atom. The summed E-state index contributed by atoms with van der Waals surface area (Å²) in [7, 11) is 3.36. The molecule has 0 bridgehead atoms. The van der Waals surface area contributed by atoms with Gasteiger partial charge in [-0.25, -0.2) is 0 Å².